The van der Waals surface area contributed by atoms with Gasteiger partial charge in [-0.25, -0.2) is 0 Å². The number of halogens is 1. The first kappa shape index (κ1) is 18.2. The lowest BCUT2D eigenvalue weighted by Crippen LogP contribution is -2.23. The predicted molar refractivity (Wildman–Crippen MR) is 95.5 cm³/mol. The molecule has 108 valence electrons. The Morgan fingerprint density at radius 3 is 2.16 bits per heavy atom. The molecule has 0 radical (unpaired) electrons. The maximum Gasteiger partial charge on any atom is 0.193 e. The maximum atomic E-state index is 5.90. The third-order valence-electron chi connectivity index (χ3n) is 3.17. The first-order valence-corrected chi connectivity index (χ1v) is 6.70. The Bertz CT molecular complexity index is 392. The number of rotatable bonds is 5. The molecule has 0 fully saturated rings. The molecule has 0 spiro atoms. The summed E-state index contributed by atoms with van der Waals surface area (Å²) < 4.78 is 0. The quantitative estimate of drug-likeness (QED) is 0.463. The van der Waals surface area contributed by atoms with Gasteiger partial charge in [-0.2, -0.15) is 0 Å². The molecule has 0 aliphatic heterocycles. The second kappa shape index (κ2) is 9.18. The van der Waals surface area contributed by atoms with E-state index < -0.39 is 0 Å². The minimum atomic E-state index is 0. The van der Waals surface area contributed by atoms with E-state index in [2.05, 4.69) is 56.2 Å². The molecule has 0 unspecified atom stereocenters. The van der Waals surface area contributed by atoms with E-state index in [1.165, 1.54) is 11.1 Å². The zero-order valence-corrected chi connectivity index (χ0v) is 14.7. The number of anilines is 1. The Balaban J connectivity index is 0.00000324. The van der Waals surface area contributed by atoms with Crippen molar-refractivity contribution in [3.8, 4) is 0 Å². The fourth-order valence-electron chi connectivity index (χ4n) is 2.01. The number of aliphatic imine (C=N–C) groups is 1. The van der Waals surface area contributed by atoms with Crippen molar-refractivity contribution in [1.82, 2.24) is 0 Å². The number of aryl methyl sites for hydroxylation is 2. The highest BCUT2D eigenvalue weighted by Crippen LogP contribution is 2.13. The van der Waals surface area contributed by atoms with Crippen LogP contribution in [0.3, 0.4) is 0 Å². The summed E-state index contributed by atoms with van der Waals surface area (Å²) in [5, 5.41) is 3.15. The minimum absolute atomic E-state index is 0. The van der Waals surface area contributed by atoms with Crippen LogP contribution in [-0.2, 0) is 0 Å². The number of hydrogen-bond acceptors (Lipinski definition) is 1. The maximum absolute atomic E-state index is 5.90. The third-order valence-corrected chi connectivity index (χ3v) is 3.17. The highest BCUT2D eigenvalue weighted by atomic mass is 127. The summed E-state index contributed by atoms with van der Waals surface area (Å²) in [5.41, 5.74) is 9.37. The molecule has 1 aromatic carbocycles. The normalized spacial score (nSPS) is 11.3. The van der Waals surface area contributed by atoms with E-state index >= 15 is 0 Å². The lowest BCUT2D eigenvalue weighted by atomic mass is 10.0. The number of hydrogen-bond donors (Lipinski definition) is 2. The van der Waals surface area contributed by atoms with Gasteiger partial charge in [-0.15, -0.1) is 24.0 Å². The molecule has 0 aromatic heterocycles. The van der Waals surface area contributed by atoms with E-state index in [-0.39, 0.29) is 24.0 Å². The molecule has 0 saturated heterocycles. The molecule has 0 heterocycles. The van der Waals surface area contributed by atoms with Crippen molar-refractivity contribution < 1.29 is 0 Å². The van der Waals surface area contributed by atoms with Crippen LogP contribution in [0.25, 0.3) is 0 Å². The first-order valence-electron chi connectivity index (χ1n) is 6.70. The highest BCUT2D eigenvalue weighted by molar-refractivity contribution is 14.0. The van der Waals surface area contributed by atoms with E-state index in [0.29, 0.717) is 11.9 Å². The highest BCUT2D eigenvalue weighted by Gasteiger charge is 2.02. The zero-order valence-electron chi connectivity index (χ0n) is 12.4. The van der Waals surface area contributed by atoms with Gasteiger partial charge in [0.05, 0.1) is 0 Å². The summed E-state index contributed by atoms with van der Waals surface area (Å²) in [7, 11) is 0. The van der Waals surface area contributed by atoms with Gasteiger partial charge >= 0.3 is 0 Å². The molecule has 3 nitrogen and oxygen atoms in total. The molecule has 0 atom stereocenters. The van der Waals surface area contributed by atoms with Gasteiger partial charge in [-0.3, -0.25) is 4.99 Å². The van der Waals surface area contributed by atoms with Crippen molar-refractivity contribution in [2.75, 3.05) is 11.9 Å². The van der Waals surface area contributed by atoms with E-state index in [0.717, 1.165) is 25.1 Å². The number of nitrogens with zero attached hydrogens (tertiary/aromatic N) is 1. The Labute approximate surface area is 134 Å². The zero-order chi connectivity index (χ0) is 13.5. The van der Waals surface area contributed by atoms with Crippen molar-refractivity contribution in [3.05, 3.63) is 29.3 Å². The summed E-state index contributed by atoms with van der Waals surface area (Å²) >= 11 is 0. The largest absolute Gasteiger partial charge is 0.370 e. The van der Waals surface area contributed by atoms with Gasteiger partial charge in [0, 0.05) is 12.2 Å². The van der Waals surface area contributed by atoms with Gasteiger partial charge in [0.15, 0.2) is 5.96 Å². The van der Waals surface area contributed by atoms with Gasteiger partial charge in [0.25, 0.3) is 0 Å². The second-order valence-electron chi connectivity index (χ2n) is 4.91. The monoisotopic (exact) mass is 375 g/mol. The van der Waals surface area contributed by atoms with Gasteiger partial charge in [-0.05, 0) is 43.0 Å². The fraction of sp³-hybridized carbons (Fsp3) is 0.533. The van der Waals surface area contributed by atoms with Crippen LogP contribution in [0.1, 0.15) is 37.8 Å². The van der Waals surface area contributed by atoms with Crippen LogP contribution in [0.15, 0.2) is 23.2 Å². The van der Waals surface area contributed by atoms with Gasteiger partial charge in [-0.1, -0.05) is 32.8 Å². The summed E-state index contributed by atoms with van der Waals surface area (Å²) in [4.78, 5) is 4.40. The van der Waals surface area contributed by atoms with Gasteiger partial charge in [0.1, 0.15) is 0 Å². The topological polar surface area (TPSA) is 50.4 Å². The average molecular weight is 375 g/mol. The van der Waals surface area contributed by atoms with Crippen LogP contribution in [-0.4, -0.2) is 12.5 Å². The Kier molecular flexibility index (Phi) is 8.80. The lowest BCUT2D eigenvalue weighted by molar-refractivity contribution is 0.506. The van der Waals surface area contributed by atoms with E-state index in [4.69, 9.17) is 5.73 Å². The van der Waals surface area contributed by atoms with Gasteiger partial charge in [0.2, 0.25) is 0 Å². The Morgan fingerprint density at radius 2 is 1.68 bits per heavy atom. The number of nitrogens with one attached hydrogen (secondary N) is 1. The van der Waals surface area contributed by atoms with Gasteiger partial charge < -0.3 is 11.1 Å². The number of nitrogens with two attached hydrogens (primary N) is 1. The molecular formula is C15H26IN3. The summed E-state index contributed by atoms with van der Waals surface area (Å²) in [5.74, 6) is 1.14. The smallest absolute Gasteiger partial charge is 0.193 e. The van der Waals surface area contributed by atoms with E-state index in [1.54, 1.807) is 0 Å². The molecule has 1 aromatic rings. The third kappa shape index (κ3) is 6.80. The fourth-order valence-corrected chi connectivity index (χ4v) is 2.01. The molecule has 4 heteroatoms. The SMILES string of the molecule is CCC(CC)CN=C(N)Nc1cc(C)cc(C)c1.I. The Morgan fingerprint density at radius 1 is 1.16 bits per heavy atom. The summed E-state index contributed by atoms with van der Waals surface area (Å²) in [6.07, 6.45) is 2.30. The first-order chi connectivity index (χ1) is 8.55. The van der Waals surface area contributed by atoms with Crippen LogP contribution >= 0.6 is 24.0 Å². The van der Waals surface area contributed by atoms with Crippen LogP contribution < -0.4 is 11.1 Å². The van der Waals surface area contributed by atoms with Crippen molar-refractivity contribution in [1.29, 1.82) is 0 Å². The Hall–Kier alpha value is -0.780. The molecule has 1 rings (SSSR count). The van der Waals surface area contributed by atoms with E-state index in [1.807, 2.05) is 0 Å². The summed E-state index contributed by atoms with van der Waals surface area (Å²) in [6.45, 7) is 9.34. The standard InChI is InChI=1S/C15H25N3.HI/c1-5-13(6-2)10-17-15(16)18-14-8-11(3)7-12(4)9-14;/h7-9,13H,5-6,10H2,1-4H3,(H3,16,17,18);1H. The molecule has 0 aliphatic rings. The molecule has 3 N–H and O–H groups in total. The van der Waals surface area contributed by atoms with Crippen molar-refractivity contribution in [3.63, 3.8) is 0 Å². The van der Waals surface area contributed by atoms with Crippen molar-refractivity contribution in [2.45, 2.75) is 40.5 Å². The predicted octanol–water partition coefficient (Wildman–Crippen LogP) is 4.08. The van der Waals surface area contributed by atoms with Crippen LogP contribution in [0.4, 0.5) is 5.69 Å². The summed E-state index contributed by atoms with van der Waals surface area (Å²) in [6, 6.07) is 6.29. The van der Waals surface area contributed by atoms with Crippen molar-refractivity contribution in [2.24, 2.45) is 16.6 Å². The molecule has 19 heavy (non-hydrogen) atoms. The van der Waals surface area contributed by atoms with E-state index in [9.17, 15) is 0 Å². The molecular weight excluding hydrogens is 349 g/mol. The number of benzene rings is 1. The van der Waals surface area contributed by atoms with Crippen LogP contribution in [0, 0.1) is 19.8 Å². The van der Waals surface area contributed by atoms with Crippen LogP contribution in [0.2, 0.25) is 0 Å². The average Bonchev–Trinajstić information content (AvgIpc) is 2.28. The van der Waals surface area contributed by atoms with Crippen LogP contribution in [0.5, 0.6) is 0 Å². The second-order valence-corrected chi connectivity index (χ2v) is 4.91. The number of guanidine groups is 1. The lowest BCUT2D eigenvalue weighted by Gasteiger charge is -2.11. The molecule has 0 saturated carbocycles. The molecule has 0 aliphatic carbocycles. The minimum Gasteiger partial charge on any atom is -0.370 e. The molecule has 0 amide bonds. The molecule has 0 bridgehead atoms. The van der Waals surface area contributed by atoms with Crippen molar-refractivity contribution >= 4 is 35.6 Å².